The molecule has 132 valence electrons. The van der Waals surface area contributed by atoms with Crippen molar-refractivity contribution in [2.45, 2.75) is 32.6 Å². The molecule has 2 heterocycles. The maximum atomic E-state index is 13.8. The molecule has 25 heavy (non-hydrogen) atoms. The third kappa shape index (κ3) is 3.50. The molecule has 0 spiro atoms. The smallest absolute Gasteiger partial charge is 0.262 e. The first-order chi connectivity index (χ1) is 11.8. The maximum Gasteiger partial charge on any atom is 0.262 e. The lowest BCUT2D eigenvalue weighted by Crippen LogP contribution is -2.52. The van der Waals surface area contributed by atoms with Gasteiger partial charge in [0.25, 0.3) is 5.91 Å². The van der Waals surface area contributed by atoms with E-state index in [0.29, 0.717) is 12.1 Å². The third-order valence-corrected chi connectivity index (χ3v) is 3.77. The van der Waals surface area contributed by atoms with E-state index in [9.17, 15) is 18.4 Å². The average molecular weight is 349 g/mol. The second-order valence-corrected chi connectivity index (χ2v) is 5.91. The Balaban J connectivity index is 1.89. The van der Waals surface area contributed by atoms with E-state index in [1.54, 1.807) is 13.0 Å². The van der Waals surface area contributed by atoms with Crippen molar-refractivity contribution in [2.75, 3.05) is 5.32 Å². The standard InChI is InChI=1S/C16H17F2N5O2/c1-8-7-13(24)21-16(19-8)23-12(6-9(2)22-23)20-15(25)14-10(17)4-3-5-11(14)18/h3-6,8,16,19H,7H2,1-2H3,(H,20,25)(H,21,24). The third-order valence-electron chi connectivity index (χ3n) is 3.77. The minimum atomic E-state index is -0.960. The molecular weight excluding hydrogens is 332 g/mol. The molecule has 1 aliphatic heterocycles. The Morgan fingerprint density at radius 1 is 1.36 bits per heavy atom. The highest BCUT2D eigenvalue weighted by molar-refractivity contribution is 6.04. The van der Waals surface area contributed by atoms with Gasteiger partial charge < -0.3 is 10.6 Å². The molecule has 0 radical (unpaired) electrons. The van der Waals surface area contributed by atoms with Crippen molar-refractivity contribution in [3.05, 3.63) is 47.2 Å². The fourth-order valence-corrected chi connectivity index (χ4v) is 2.69. The molecule has 9 heteroatoms. The van der Waals surface area contributed by atoms with Crippen LogP contribution in [0.2, 0.25) is 0 Å². The summed E-state index contributed by atoms with van der Waals surface area (Å²) in [5, 5.41) is 12.5. The number of anilines is 1. The first-order valence-corrected chi connectivity index (χ1v) is 7.72. The largest absolute Gasteiger partial charge is 0.322 e. The van der Waals surface area contributed by atoms with Crippen molar-refractivity contribution in [2.24, 2.45) is 0 Å². The highest BCUT2D eigenvalue weighted by Crippen LogP contribution is 2.19. The number of rotatable bonds is 3. The van der Waals surface area contributed by atoms with Crippen molar-refractivity contribution in [1.29, 1.82) is 0 Å². The van der Waals surface area contributed by atoms with Crippen LogP contribution in [0, 0.1) is 18.6 Å². The van der Waals surface area contributed by atoms with Gasteiger partial charge >= 0.3 is 0 Å². The minimum absolute atomic E-state index is 0.0872. The summed E-state index contributed by atoms with van der Waals surface area (Å²) in [6.45, 7) is 3.54. The molecule has 2 amide bonds. The van der Waals surface area contributed by atoms with Gasteiger partial charge in [-0.2, -0.15) is 5.10 Å². The van der Waals surface area contributed by atoms with E-state index in [0.717, 1.165) is 12.1 Å². The molecule has 1 aromatic heterocycles. The topological polar surface area (TPSA) is 88.0 Å². The van der Waals surface area contributed by atoms with E-state index in [2.05, 4.69) is 21.0 Å². The van der Waals surface area contributed by atoms with E-state index in [4.69, 9.17) is 0 Å². The zero-order valence-electron chi connectivity index (χ0n) is 13.6. The van der Waals surface area contributed by atoms with Gasteiger partial charge in [-0.3, -0.25) is 14.9 Å². The number of hydrogen-bond acceptors (Lipinski definition) is 4. The molecule has 1 aliphatic rings. The Morgan fingerprint density at radius 3 is 2.68 bits per heavy atom. The summed E-state index contributed by atoms with van der Waals surface area (Å²) in [6, 6.07) is 4.65. The highest BCUT2D eigenvalue weighted by Gasteiger charge is 2.27. The van der Waals surface area contributed by atoms with Crippen LogP contribution in [0.1, 0.15) is 35.7 Å². The summed E-state index contributed by atoms with van der Waals surface area (Å²) >= 11 is 0. The van der Waals surface area contributed by atoms with E-state index in [-0.39, 0.29) is 17.8 Å². The quantitative estimate of drug-likeness (QED) is 0.787. The van der Waals surface area contributed by atoms with Crippen molar-refractivity contribution < 1.29 is 18.4 Å². The minimum Gasteiger partial charge on any atom is -0.322 e. The Kier molecular flexibility index (Phi) is 4.49. The molecule has 7 nitrogen and oxygen atoms in total. The van der Waals surface area contributed by atoms with Gasteiger partial charge in [-0.1, -0.05) is 6.07 Å². The van der Waals surface area contributed by atoms with Crippen LogP contribution in [0.4, 0.5) is 14.6 Å². The van der Waals surface area contributed by atoms with Gasteiger partial charge in [0.15, 0.2) is 6.29 Å². The van der Waals surface area contributed by atoms with Gasteiger partial charge in [-0.05, 0) is 26.0 Å². The molecule has 1 aromatic carbocycles. The highest BCUT2D eigenvalue weighted by atomic mass is 19.1. The van der Waals surface area contributed by atoms with Crippen LogP contribution in [0.3, 0.4) is 0 Å². The molecular formula is C16H17F2N5O2. The normalized spacial score (nSPS) is 20.2. The van der Waals surface area contributed by atoms with Gasteiger partial charge in [0.1, 0.15) is 23.0 Å². The Labute approximate surface area is 142 Å². The Hall–Kier alpha value is -2.81. The predicted octanol–water partition coefficient (Wildman–Crippen LogP) is 1.68. The van der Waals surface area contributed by atoms with E-state index >= 15 is 0 Å². The van der Waals surface area contributed by atoms with Gasteiger partial charge in [-0.25, -0.2) is 13.5 Å². The average Bonchev–Trinajstić information content (AvgIpc) is 2.86. The van der Waals surface area contributed by atoms with Crippen LogP contribution in [0.5, 0.6) is 0 Å². The molecule has 3 rings (SSSR count). The Bertz CT molecular complexity index is 816. The summed E-state index contributed by atoms with van der Waals surface area (Å²) in [6.07, 6.45) is -0.357. The van der Waals surface area contributed by atoms with Crippen LogP contribution in [-0.4, -0.2) is 27.6 Å². The number of aryl methyl sites for hydroxylation is 1. The van der Waals surface area contributed by atoms with Crippen LogP contribution < -0.4 is 16.0 Å². The molecule has 2 unspecified atom stereocenters. The van der Waals surface area contributed by atoms with Crippen molar-refractivity contribution in [1.82, 2.24) is 20.4 Å². The van der Waals surface area contributed by atoms with Crippen LogP contribution >= 0.6 is 0 Å². The number of halogens is 2. The molecule has 0 aliphatic carbocycles. The second-order valence-electron chi connectivity index (χ2n) is 5.91. The number of hydrogen-bond donors (Lipinski definition) is 3. The lowest BCUT2D eigenvalue weighted by atomic mass is 10.2. The molecule has 1 fully saturated rings. The SMILES string of the molecule is Cc1cc(NC(=O)c2c(F)cccc2F)n(C2NC(=O)CC(C)N2)n1. The van der Waals surface area contributed by atoms with Gasteiger partial charge in [-0.15, -0.1) is 0 Å². The number of carbonyl (C=O) groups excluding carboxylic acids is 2. The summed E-state index contributed by atoms with van der Waals surface area (Å²) < 4.78 is 28.9. The molecule has 3 N–H and O–H groups in total. The predicted molar refractivity (Wildman–Crippen MR) is 85.7 cm³/mol. The number of nitrogens with zero attached hydrogens (tertiary/aromatic N) is 2. The van der Waals surface area contributed by atoms with Crippen LogP contribution in [0.25, 0.3) is 0 Å². The summed E-state index contributed by atoms with van der Waals surface area (Å²) in [4.78, 5) is 24.0. The number of benzene rings is 1. The van der Waals surface area contributed by atoms with E-state index < -0.39 is 29.4 Å². The lowest BCUT2D eigenvalue weighted by molar-refractivity contribution is -0.125. The summed E-state index contributed by atoms with van der Waals surface area (Å²) in [5.41, 5.74) is -0.111. The monoisotopic (exact) mass is 349 g/mol. The number of aromatic nitrogens is 2. The zero-order chi connectivity index (χ0) is 18.1. The molecule has 0 saturated carbocycles. The molecule has 2 aromatic rings. The lowest BCUT2D eigenvalue weighted by Gasteiger charge is -2.30. The maximum absolute atomic E-state index is 13.8. The first kappa shape index (κ1) is 17.0. The number of carbonyl (C=O) groups is 2. The molecule has 0 bridgehead atoms. The van der Waals surface area contributed by atoms with Crippen molar-refractivity contribution >= 4 is 17.6 Å². The van der Waals surface area contributed by atoms with Crippen molar-refractivity contribution in [3.8, 4) is 0 Å². The van der Waals surface area contributed by atoms with Crippen LogP contribution in [0.15, 0.2) is 24.3 Å². The molecule has 1 saturated heterocycles. The summed E-state index contributed by atoms with van der Waals surface area (Å²) in [5.74, 6) is -2.82. The first-order valence-electron chi connectivity index (χ1n) is 7.72. The van der Waals surface area contributed by atoms with Crippen LogP contribution in [-0.2, 0) is 4.79 Å². The molecule has 2 atom stereocenters. The number of nitrogens with one attached hydrogen (secondary N) is 3. The Morgan fingerprint density at radius 2 is 2.04 bits per heavy atom. The van der Waals surface area contributed by atoms with Gasteiger partial charge in [0.05, 0.1) is 5.69 Å². The fraction of sp³-hybridized carbons (Fsp3) is 0.312. The van der Waals surface area contributed by atoms with Crippen molar-refractivity contribution in [3.63, 3.8) is 0 Å². The second kappa shape index (κ2) is 6.60. The van der Waals surface area contributed by atoms with Gasteiger partial charge in [0, 0.05) is 18.5 Å². The fourth-order valence-electron chi connectivity index (χ4n) is 2.69. The number of amides is 2. The van der Waals surface area contributed by atoms with E-state index in [1.807, 2.05) is 6.92 Å². The zero-order valence-corrected chi connectivity index (χ0v) is 13.6. The summed E-state index contributed by atoms with van der Waals surface area (Å²) in [7, 11) is 0. The van der Waals surface area contributed by atoms with Gasteiger partial charge in [0.2, 0.25) is 5.91 Å². The van der Waals surface area contributed by atoms with E-state index in [1.165, 1.54) is 10.7 Å².